The number of thiazole rings is 1. The number of hydrogen-bond acceptors (Lipinski definition) is 2. The fraction of sp³-hybridized carbons (Fsp3) is 0.364. The number of alkyl halides is 1. The maximum Gasteiger partial charge on any atom is 0.0939 e. The van der Waals surface area contributed by atoms with Gasteiger partial charge in [-0.15, -0.1) is 22.9 Å². The van der Waals surface area contributed by atoms with Crippen molar-refractivity contribution >= 4 is 44.8 Å². The number of halogens is 2. The maximum absolute atomic E-state index is 6.08. The van der Waals surface area contributed by atoms with E-state index in [0.29, 0.717) is 0 Å². The zero-order valence-corrected chi connectivity index (χ0v) is 10.5. The zero-order chi connectivity index (χ0) is 10.7. The average molecular weight is 260 g/mol. The van der Waals surface area contributed by atoms with Gasteiger partial charge in [0.15, 0.2) is 0 Å². The third-order valence-electron chi connectivity index (χ3n) is 2.19. The van der Waals surface area contributed by atoms with Crippen LogP contribution in [0.15, 0.2) is 18.2 Å². The van der Waals surface area contributed by atoms with Gasteiger partial charge in [-0.2, -0.15) is 0 Å². The van der Waals surface area contributed by atoms with Crippen LogP contribution in [0.1, 0.15) is 17.8 Å². The molecule has 1 aromatic heterocycles. The molecule has 15 heavy (non-hydrogen) atoms. The minimum absolute atomic E-state index is 0.728. The molecule has 2 rings (SSSR count). The number of aromatic nitrogens is 1. The molecule has 0 aliphatic heterocycles. The molecular formula is C11H11Cl2NS. The van der Waals surface area contributed by atoms with E-state index in [2.05, 4.69) is 4.98 Å². The topological polar surface area (TPSA) is 12.9 Å². The lowest BCUT2D eigenvalue weighted by Crippen LogP contribution is -1.84. The molecular weight excluding hydrogens is 249 g/mol. The molecule has 80 valence electrons. The van der Waals surface area contributed by atoms with Gasteiger partial charge in [-0.1, -0.05) is 17.7 Å². The van der Waals surface area contributed by atoms with Gasteiger partial charge in [-0.25, -0.2) is 4.98 Å². The number of unbranched alkanes of at least 4 members (excludes halogenated alkanes) is 1. The van der Waals surface area contributed by atoms with Gasteiger partial charge in [0.25, 0.3) is 0 Å². The molecule has 0 atom stereocenters. The van der Waals surface area contributed by atoms with Crippen LogP contribution in [0.25, 0.3) is 10.2 Å². The molecule has 0 fully saturated rings. The first kappa shape index (κ1) is 11.2. The highest BCUT2D eigenvalue weighted by atomic mass is 35.5. The lowest BCUT2D eigenvalue weighted by molar-refractivity contribution is 0.796. The van der Waals surface area contributed by atoms with E-state index in [9.17, 15) is 0 Å². The highest BCUT2D eigenvalue weighted by Crippen LogP contribution is 2.29. The van der Waals surface area contributed by atoms with Crippen LogP contribution in [0, 0.1) is 0 Å². The van der Waals surface area contributed by atoms with Crippen molar-refractivity contribution in [2.45, 2.75) is 19.3 Å². The number of nitrogens with zero attached hydrogens (tertiary/aromatic N) is 1. The Kier molecular flexibility index (Phi) is 3.84. The Hall–Kier alpha value is -0.310. The Morgan fingerprint density at radius 2 is 2.13 bits per heavy atom. The van der Waals surface area contributed by atoms with Crippen molar-refractivity contribution in [3.05, 3.63) is 28.2 Å². The number of aryl methyl sites for hydroxylation is 1. The molecule has 0 N–H and O–H groups in total. The van der Waals surface area contributed by atoms with Gasteiger partial charge >= 0.3 is 0 Å². The predicted molar refractivity (Wildman–Crippen MR) is 68.3 cm³/mol. The Morgan fingerprint density at radius 1 is 1.27 bits per heavy atom. The second-order valence-corrected chi connectivity index (χ2v) is 5.21. The van der Waals surface area contributed by atoms with Gasteiger partial charge in [0, 0.05) is 5.88 Å². The van der Waals surface area contributed by atoms with E-state index in [-0.39, 0.29) is 0 Å². The lowest BCUT2D eigenvalue weighted by Gasteiger charge is -1.92. The first-order chi connectivity index (χ1) is 7.31. The molecule has 0 aliphatic rings. The van der Waals surface area contributed by atoms with Crippen LogP contribution in [-0.4, -0.2) is 10.9 Å². The van der Waals surface area contributed by atoms with Gasteiger partial charge in [-0.3, -0.25) is 0 Å². The summed E-state index contributed by atoms with van der Waals surface area (Å²) in [5.41, 5.74) is 1.01. The standard InChI is InChI=1S/C11H11Cl2NS/c12-7-2-1-6-10-14-9-5-3-4-8(13)11(9)15-10/h3-5H,1-2,6-7H2. The van der Waals surface area contributed by atoms with Crippen LogP contribution in [0.4, 0.5) is 0 Å². The normalized spacial score (nSPS) is 11.1. The van der Waals surface area contributed by atoms with Crippen LogP contribution in [0.2, 0.25) is 5.02 Å². The second kappa shape index (κ2) is 5.15. The summed E-state index contributed by atoms with van der Waals surface area (Å²) in [6.45, 7) is 0. The highest BCUT2D eigenvalue weighted by Gasteiger charge is 2.05. The van der Waals surface area contributed by atoms with E-state index in [1.165, 1.54) is 0 Å². The Bertz CT molecular complexity index is 453. The van der Waals surface area contributed by atoms with Crippen molar-refractivity contribution < 1.29 is 0 Å². The Morgan fingerprint density at radius 3 is 2.87 bits per heavy atom. The van der Waals surface area contributed by atoms with Crippen molar-refractivity contribution in [1.29, 1.82) is 0 Å². The average Bonchev–Trinajstić information content (AvgIpc) is 2.63. The van der Waals surface area contributed by atoms with Gasteiger partial charge in [0.05, 0.1) is 20.2 Å². The summed E-state index contributed by atoms with van der Waals surface area (Å²) in [4.78, 5) is 4.54. The first-order valence-electron chi connectivity index (χ1n) is 4.91. The van der Waals surface area contributed by atoms with Crippen molar-refractivity contribution in [2.75, 3.05) is 5.88 Å². The number of rotatable bonds is 4. The smallest absolute Gasteiger partial charge is 0.0939 e. The van der Waals surface area contributed by atoms with Gasteiger partial charge in [0.1, 0.15) is 0 Å². The van der Waals surface area contributed by atoms with Crippen LogP contribution in [0.3, 0.4) is 0 Å². The first-order valence-corrected chi connectivity index (χ1v) is 6.64. The van der Waals surface area contributed by atoms with Crippen molar-refractivity contribution in [2.24, 2.45) is 0 Å². The van der Waals surface area contributed by atoms with Gasteiger partial charge in [0.2, 0.25) is 0 Å². The molecule has 0 saturated carbocycles. The Balaban J connectivity index is 2.20. The molecule has 0 unspecified atom stereocenters. The largest absolute Gasteiger partial charge is 0.241 e. The molecule has 0 bridgehead atoms. The predicted octanol–water partition coefficient (Wildman–Crippen LogP) is 4.51. The van der Waals surface area contributed by atoms with Crippen LogP contribution in [0.5, 0.6) is 0 Å². The van der Waals surface area contributed by atoms with Crippen molar-refractivity contribution in [3.63, 3.8) is 0 Å². The summed E-state index contributed by atoms with van der Waals surface area (Å²) in [6, 6.07) is 5.85. The van der Waals surface area contributed by atoms with Crippen LogP contribution < -0.4 is 0 Å². The van der Waals surface area contributed by atoms with Gasteiger partial charge in [-0.05, 0) is 31.4 Å². The molecule has 0 spiro atoms. The zero-order valence-electron chi connectivity index (χ0n) is 8.17. The fourth-order valence-corrected chi connectivity index (χ4v) is 2.92. The van der Waals surface area contributed by atoms with Gasteiger partial charge < -0.3 is 0 Å². The highest BCUT2D eigenvalue weighted by molar-refractivity contribution is 7.19. The fourth-order valence-electron chi connectivity index (χ4n) is 1.44. The molecule has 1 heterocycles. The molecule has 0 aliphatic carbocycles. The van der Waals surface area contributed by atoms with E-state index in [4.69, 9.17) is 23.2 Å². The minimum Gasteiger partial charge on any atom is -0.241 e. The Labute approximate surface area is 103 Å². The molecule has 0 saturated heterocycles. The lowest BCUT2D eigenvalue weighted by atomic mass is 10.2. The third-order valence-corrected chi connectivity index (χ3v) is 4.04. The van der Waals surface area contributed by atoms with E-state index < -0.39 is 0 Å². The van der Waals surface area contributed by atoms with Crippen LogP contribution in [-0.2, 0) is 6.42 Å². The van der Waals surface area contributed by atoms with E-state index in [1.54, 1.807) is 11.3 Å². The summed E-state index contributed by atoms with van der Waals surface area (Å²) >= 11 is 13.4. The molecule has 1 nitrogen and oxygen atoms in total. The van der Waals surface area contributed by atoms with Crippen molar-refractivity contribution in [1.82, 2.24) is 4.98 Å². The third kappa shape index (κ3) is 2.63. The minimum atomic E-state index is 0.728. The number of benzene rings is 1. The number of fused-ring (bicyclic) bond motifs is 1. The quantitative estimate of drug-likeness (QED) is 0.582. The van der Waals surface area contributed by atoms with E-state index in [0.717, 1.165) is 45.4 Å². The summed E-state index contributed by atoms with van der Waals surface area (Å²) in [7, 11) is 0. The monoisotopic (exact) mass is 259 g/mol. The van der Waals surface area contributed by atoms with Crippen LogP contribution >= 0.6 is 34.5 Å². The van der Waals surface area contributed by atoms with E-state index >= 15 is 0 Å². The SMILES string of the molecule is ClCCCCc1nc2cccc(Cl)c2s1. The second-order valence-electron chi connectivity index (χ2n) is 3.34. The molecule has 1 aromatic carbocycles. The number of hydrogen-bond donors (Lipinski definition) is 0. The molecule has 2 aromatic rings. The summed E-state index contributed by atoms with van der Waals surface area (Å²) in [5.74, 6) is 0.728. The van der Waals surface area contributed by atoms with E-state index in [1.807, 2.05) is 18.2 Å². The molecule has 4 heteroatoms. The summed E-state index contributed by atoms with van der Waals surface area (Å²) < 4.78 is 1.10. The molecule has 0 radical (unpaired) electrons. The van der Waals surface area contributed by atoms with Crippen molar-refractivity contribution in [3.8, 4) is 0 Å². The maximum atomic E-state index is 6.08. The summed E-state index contributed by atoms with van der Waals surface area (Å²) in [5, 5.41) is 1.96. The molecule has 0 amide bonds. The summed E-state index contributed by atoms with van der Waals surface area (Å²) in [6.07, 6.45) is 3.15.